The second-order valence-corrected chi connectivity index (χ2v) is 5.91. The minimum Gasteiger partial charge on any atom is -0.494 e. The van der Waals surface area contributed by atoms with Gasteiger partial charge in [0.1, 0.15) is 5.75 Å². The smallest absolute Gasteiger partial charge is 0.213 e. The van der Waals surface area contributed by atoms with Crippen molar-refractivity contribution in [2.75, 3.05) is 13.7 Å². The largest absolute Gasteiger partial charge is 0.494 e. The van der Waals surface area contributed by atoms with Crippen molar-refractivity contribution in [3.8, 4) is 17.3 Å². The molecule has 2 aromatic heterocycles. The summed E-state index contributed by atoms with van der Waals surface area (Å²) in [6.07, 6.45) is 3.57. The van der Waals surface area contributed by atoms with Crippen LogP contribution in [0.1, 0.15) is 23.9 Å². The van der Waals surface area contributed by atoms with Gasteiger partial charge in [0.2, 0.25) is 5.88 Å². The van der Waals surface area contributed by atoms with Crippen LogP contribution in [0.2, 0.25) is 0 Å². The van der Waals surface area contributed by atoms with E-state index in [2.05, 4.69) is 46.6 Å². The zero-order chi connectivity index (χ0) is 18.5. The number of methoxy groups -OCH3 is 1. The van der Waals surface area contributed by atoms with Gasteiger partial charge in [-0.1, -0.05) is 0 Å². The summed E-state index contributed by atoms with van der Waals surface area (Å²) >= 11 is 0. The molecule has 1 aromatic carbocycles. The second kappa shape index (κ2) is 7.87. The Kier molecular flexibility index (Phi) is 5.37. The van der Waals surface area contributed by atoms with Crippen LogP contribution in [0.25, 0.3) is 5.69 Å². The van der Waals surface area contributed by atoms with E-state index in [0.717, 1.165) is 34.1 Å². The number of aromatic nitrogens is 2. The molecule has 5 nitrogen and oxygen atoms in total. The number of nitrogens with zero attached hydrogens (tertiary/aromatic N) is 3. The normalized spacial score (nSPS) is 11.1. The molecule has 0 aliphatic carbocycles. The average molecular weight is 349 g/mol. The fourth-order valence-electron chi connectivity index (χ4n) is 2.89. The quantitative estimate of drug-likeness (QED) is 0.609. The van der Waals surface area contributed by atoms with E-state index in [1.165, 1.54) is 0 Å². The lowest BCUT2D eigenvalue weighted by atomic mass is 10.2. The molecular weight excluding hydrogens is 326 g/mol. The zero-order valence-electron chi connectivity index (χ0n) is 15.6. The molecule has 0 saturated heterocycles. The highest BCUT2D eigenvalue weighted by molar-refractivity contribution is 5.84. The van der Waals surface area contributed by atoms with E-state index < -0.39 is 0 Å². The van der Waals surface area contributed by atoms with E-state index in [0.29, 0.717) is 12.5 Å². The molecule has 0 radical (unpaired) electrons. The number of aryl methyl sites for hydroxylation is 1. The number of hydrogen-bond donors (Lipinski definition) is 0. The third-order valence-corrected chi connectivity index (χ3v) is 4.16. The summed E-state index contributed by atoms with van der Waals surface area (Å²) < 4.78 is 12.8. The van der Waals surface area contributed by atoms with Crippen molar-refractivity contribution in [2.24, 2.45) is 4.99 Å². The zero-order valence-corrected chi connectivity index (χ0v) is 15.6. The average Bonchev–Trinajstić information content (AvgIpc) is 2.95. The molecule has 0 unspecified atom stereocenters. The van der Waals surface area contributed by atoms with Crippen LogP contribution in [-0.4, -0.2) is 29.5 Å². The van der Waals surface area contributed by atoms with Crippen molar-refractivity contribution in [3.63, 3.8) is 0 Å². The Hall–Kier alpha value is -3.08. The van der Waals surface area contributed by atoms with Crippen LogP contribution in [0.15, 0.2) is 53.7 Å². The Morgan fingerprint density at radius 3 is 2.50 bits per heavy atom. The number of aliphatic imine (C=N–C) groups is 1. The van der Waals surface area contributed by atoms with Gasteiger partial charge in [0.25, 0.3) is 0 Å². The molecule has 0 aliphatic heterocycles. The van der Waals surface area contributed by atoms with Crippen molar-refractivity contribution in [1.82, 2.24) is 9.55 Å². The Morgan fingerprint density at radius 2 is 1.88 bits per heavy atom. The number of hydrogen-bond acceptors (Lipinski definition) is 4. The molecule has 134 valence electrons. The van der Waals surface area contributed by atoms with Crippen LogP contribution in [-0.2, 0) is 0 Å². The van der Waals surface area contributed by atoms with Crippen molar-refractivity contribution in [3.05, 3.63) is 65.6 Å². The van der Waals surface area contributed by atoms with E-state index in [1.54, 1.807) is 19.4 Å². The summed E-state index contributed by atoms with van der Waals surface area (Å²) in [4.78, 5) is 8.70. The minimum atomic E-state index is 0.581. The molecule has 0 fully saturated rings. The monoisotopic (exact) mass is 349 g/mol. The summed E-state index contributed by atoms with van der Waals surface area (Å²) in [5, 5.41) is 0. The SMILES string of the molecule is CCOc1ccc(-n2c(C)cc(C=Nc3ccc(OC)nc3)c2C)cc1. The van der Waals surface area contributed by atoms with Gasteiger partial charge in [0.15, 0.2) is 0 Å². The maximum absolute atomic E-state index is 5.52. The van der Waals surface area contributed by atoms with Crippen molar-refractivity contribution in [2.45, 2.75) is 20.8 Å². The third kappa shape index (κ3) is 3.77. The Balaban J connectivity index is 1.86. The minimum absolute atomic E-state index is 0.581. The molecule has 2 heterocycles. The van der Waals surface area contributed by atoms with Crippen molar-refractivity contribution >= 4 is 11.9 Å². The number of rotatable bonds is 6. The fourth-order valence-corrected chi connectivity index (χ4v) is 2.89. The van der Waals surface area contributed by atoms with Crippen LogP contribution in [0.3, 0.4) is 0 Å². The van der Waals surface area contributed by atoms with Crippen LogP contribution in [0.4, 0.5) is 5.69 Å². The van der Waals surface area contributed by atoms with Crippen molar-refractivity contribution in [1.29, 1.82) is 0 Å². The summed E-state index contributed by atoms with van der Waals surface area (Å²) in [6.45, 7) is 6.84. The number of benzene rings is 1. The molecule has 0 aliphatic rings. The van der Waals surface area contributed by atoms with E-state index in [1.807, 2.05) is 31.3 Å². The molecule has 3 rings (SSSR count). The lowest BCUT2D eigenvalue weighted by molar-refractivity contribution is 0.340. The van der Waals surface area contributed by atoms with E-state index in [4.69, 9.17) is 9.47 Å². The summed E-state index contributed by atoms with van der Waals surface area (Å²) in [5.41, 5.74) is 5.26. The highest BCUT2D eigenvalue weighted by Gasteiger charge is 2.09. The van der Waals surface area contributed by atoms with E-state index >= 15 is 0 Å². The van der Waals surface area contributed by atoms with Gasteiger partial charge in [0, 0.05) is 34.9 Å². The molecule has 0 saturated carbocycles. The van der Waals surface area contributed by atoms with Gasteiger partial charge < -0.3 is 14.0 Å². The van der Waals surface area contributed by atoms with Gasteiger partial charge >= 0.3 is 0 Å². The highest BCUT2D eigenvalue weighted by Crippen LogP contribution is 2.23. The van der Waals surface area contributed by atoms with Crippen LogP contribution in [0.5, 0.6) is 11.6 Å². The number of pyridine rings is 1. The van der Waals surface area contributed by atoms with Gasteiger partial charge in [-0.05, 0) is 57.2 Å². The molecule has 26 heavy (non-hydrogen) atoms. The van der Waals surface area contributed by atoms with E-state index in [-0.39, 0.29) is 0 Å². The first kappa shape index (κ1) is 17.7. The fraction of sp³-hybridized carbons (Fsp3) is 0.238. The molecule has 0 atom stereocenters. The first-order valence-electron chi connectivity index (χ1n) is 8.58. The maximum Gasteiger partial charge on any atom is 0.213 e. The summed E-state index contributed by atoms with van der Waals surface area (Å²) in [7, 11) is 1.60. The topological polar surface area (TPSA) is 48.6 Å². The highest BCUT2D eigenvalue weighted by atomic mass is 16.5. The summed E-state index contributed by atoms with van der Waals surface area (Å²) in [6, 6.07) is 13.9. The lowest BCUT2D eigenvalue weighted by Gasteiger charge is -2.10. The predicted molar refractivity (Wildman–Crippen MR) is 104 cm³/mol. The molecule has 0 spiro atoms. The second-order valence-electron chi connectivity index (χ2n) is 5.91. The Morgan fingerprint density at radius 1 is 1.12 bits per heavy atom. The molecule has 0 N–H and O–H groups in total. The van der Waals surface area contributed by atoms with Crippen LogP contribution in [0, 0.1) is 13.8 Å². The molecule has 5 heteroatoms. The molecule has 3 aromatic rings. The van der Waals surface area contributed by atoms with E-state index in [9.17, 15) is 0 Å². The summed E-state index contributed by atoms with van der Waals surface area (Å²) in [5.74, 6) is 1.46. The standard InChI is InChI=1S/C21H23N3O2/c1-5-26-20-9-7-19(8-10-20)24-15(2)12-17(16(24)3)13-22-18-6-11-21(25-4)23-14-18/h6-14H,5H2,1-4H3. The predicted octanol–water partition coefficient (Wildman–Crippen LogP) is 4.65. The first-order valence-corrected chi connectivity index (χ1v) is 8.58. The van der Waals surface area contributed by atoms with Gasteiger partial charge in [-0.15, -0.1) is 0 Å². The van der Waals surface area contributed by atoms with Gasteiger partial charge in [-0.25, -0.2) is 4.98 Å². The number of ether oxygens (including phenoxy) is 2. The Labute approximate surface area is 153 Å². The van der Waals surface area contributed by atoms with Gasteiger partial charge in [-0.2, -0.15) is 0 Å². The van der Waals surface area contributed by atoms with Gasteiger partial charge in [0.05, 0.1) is 25.6 Å². The molecule has 0 bridgehead atoms. The lowest BCUT2D eigenvalue weighted by Crippen LogP contribution is -2.00. The first-order chi connectivity index (χ1) is 12.6. The van der Waals surface area contributed by atoms with Crippen LogP contribution >= 0.6 is 0 Å². The van der Waals surface area contributed by atoms with Gasteiger partial charge in [-0.3, -0.25) is 4.99 Å². The molecule has 0 amide bonds. The maximum atomic E-state index is 5.52. The Bertz CT molecular complexity index is 894. The van der Waals surface area contributed by atoms with Crippen LogP contribution < -0.4 is 9.47 Å². The molecular formula is C21H23N3O2. The third-order valence-electron chi connectivity index (χ3n) is 4.16. The van der Waals surface area contributed by atoms with Crippen molar-refractivity contribution < 1.29 is 9.47 Å².